The number of hydrogen-bond donors (Lipinski definition) is 2. The van der Waals surface area contributed by atoms with Gasteiger partial charge in [0.2, 0.25) is 5.91 Å². The van der Waals surface area contributed by atoms with Gasteiger partial charge in [-0.3, -0.25) is 4.79 Å². The average molecular weight is 377 g/mol. The van der Waals surface area contributed by atoms with Crippen LogP contribution in [-0.2, 0) is 16.0 Å². The molecule has 1 fully saturated rings. The van der Waals surface area contributed by atoms with Crippen LogP contribution in [-0.4, -0.2) is 52.5 Å². The smallest absolute Gasteiger partial charge is 0.450 e. The predicted octanol–water partition coefficient (Wildman–Crippen LogP) is 3.62. The normalized spacial score (nSPS) is 18.3. The number of piperidine rings is 1. The van der Waals surface area contributed by atoms with Crippen molar-refractivity contribution >= 4 is 12.1 Å². The maximum absolute atomic E-state index is 12.3. The summed E-state index contributed by atoms with van der Waals surface area (Å²) in [6.45, 7) is 0.906. The molecule has 1 aromatic rings. The number of carboxylic acid groups (broad SMARTS) is 1. The Morgan fingerprint density at radius 3 is 2.74 bits per heavy atom. The third kappa shape index (κ3) is 7.99. The minimum Gasteiger partial charge on any atom is -0.450 e. The molecule has 0 saturated carbocycles. The van der Waals surface area contributed by atoms with Gasteiger partial charge in [-0.25, -0.2) is 4.79 Å². The minimum absolute atomic E-state index is 0.200. The van der Waals surface area contributed by atoms with E-state index in [1.807, 2.05) is 35.2 Å². The largest absolute Gasteiger partial charge is 0.505 e. The van der Waals surface area contributed by atoms with E-state index in [4.69, 9.17) is 5.11 Å². The third-order valence-corrected chi connectivity index (χ3v) is 5.11. The highest BCUT2D eigenvalue weighted by Crippen LogP contribution is 2.23. The molecule has 1 aromatic carbocycles. The van der Waals surface area contributed by atoms with Crippen molar-refractivity contribution in [1.29, 1.82) is 0 Å². The van der Waals surface area contributed by atoms with Gasteiger partial charge >= 0.3 is 6.16 Å². The minimum atomic E-state index is -1.24. The fourth-order valence-corrected chi connectivity index (χ4v) is 3.69. The number of carbonyl (C=O) groups excluding carboxylic acids is 1. The predicted molar refractivity (Wildman–Crippen MR) is 103 cm³/mol. The van der Waals surface area contributed by atoms with Crippen LogP contribution in [0.2, 0.25) is 0 Å². The van der Waals surface area contributed by atoms with E-state index in [0.717, 1.165) is 37.7 Å². The topological polar surface area (TPSA) is 87.1 Å². The number of carbonyl (C=O) groups is 2. The molecule has 0 aromatic heterocycles. The van der Waals surface area contributed by atoms with E-state index in [2.05, 4.69) is 4.74 Å². The van der Waals surface area contributed by atoms with Crippen molar-refractivity contribution < 1.29 is 24.5 Å². The Kier molecular flexibility index (Phi) is 9.11. The zero-order chi connectivity index (χ0) is 19.5. The quantitative estimate of drug-likeness (QED) is 0.454. The molecule has 0 radical (unpaired) electrons. The highest BCUT2D eigenvalue weighted by Gasteiger charge is 2.27. The summed E-state index contributed by atoms with van der Waals surface area (Å²) >= 11 is 0. The zero-order valence-electron chi connectivity index (χ0n) is 15.9. The molecule has 1 aliphatic rings. The zero-order valence-corrected chi connectivity index (χ0v) is 15.9. The molecule has 2 rings (SSSR count). The maximum atomic E-state index is 12.3. The third-order valence-electron chi connectivity index (χ3n) is 5.11. The second kappa shape index (κ2) is 11.6. The molecule has 0 spiro atoms. The molecule has 150 valence electrons. The molecule has 1 aliphatic heterocycles. The number of hydrogen-bond acceptors (Lipinski definition) is 4. The SMILES string of the molecule is O=C(O)OCCCCCN1C(=O)CCC[C@@H]1CCC(O)Cc1ccccc1. The number of ether oxygens (including phenoxy) is 1. The molecule has 2 atom stereocenters. The van der Waals surface area contributed by atoms with Gasteiger partial charge in [0, 0.05) is 19.0 Å². The Bertz CT molecular complexity index is 577. The van der Waals surface area contributed by atoms with E-state index in [9.17, 15) is 14.7 Å². The van der Waals surface area contributed by atoms with Crippen molar-refractivity contribution in [2.45, 2.75) is 69.9 Å². The Morgan fingerprint density at radius 1 is 1.22 bits per heavy atom. The van der Waals surface area contributed by atoms with E-state index >= 15 is 0 Å². The van der Waals surface area contributed by atoms with Gasteiger partial charge in [0.25, 0.3) is 0 Å². The molecule has 1 heterocycles. The number of rotatable bonds is 11. The molecular formula is C21H31NO5. The molecular weight excluding hydrogens is 346 g/mol. The van der Waals surface area contributed by atoms with Gasteiger partial charge in [-0.1, -0.05) is 30.3 Å². The average Bonchev–Trinajstić information content (AvgIpc) is 2.65. The van der Waals surface area contributed by atoms with Gasteiger partial charge in [0.1, 0.15) is 0 Å². The summed E-state index contributed by atoms with van der Waals surface area (Å²) in [5.41, 5.74) is 1.13. The fraction of sp³-hybridized carbons (Fsp3) is 0.619. The van der Waals surface area contributed by atoms with Crippen LogP contribution in [0.5, 0.6) is 0 Å². The van der Waals surface area contributed by atoms with Crippen molar-refractivity contribution in [3.8, 4) is 0 Å². The van der Waals surface area contributed by atoms with Gasteiger partial charge in [0.05, 0.1) is 12.7 Å². The Morgan fingerprint density at radius 2 is 2.00 bits per heavy atom. The monoisotopic (exact) mass is 377 g/mol. The molecule has 27 heavy (non-hydrogen) atoms. The van der Waals surface area contributed by atoms with Gasteiger partial charge in [-0.2, -0.15) is 0 Å². The van der Waals surface area contributed by atoms with E-state index in [-0.39, 0.29) is 24.7 Å². The first-order chi connectivity index (χ1) is 13.1. The molecule has 6 heteroatoms. The highest BCUT2D eigenvalue weighted by molar-refractivity contribution is 5.77. The maximum Gasteiger partial charge on any atom is 0.505 e. The van der Waals surface area contributed by atoms with Crippen LogP contribution in [0.4, 0.5) is 4.79 Å². The summed E-state index contributed by atoms with van der Waals surface area (Å²) < 4.78 is 4.50. The lowest BCUT2D eigenvalue weighted by molar-refractivity contribution is -0.136. The summed E-state index contributed by atoms with van der Waals surface area (Å²) in [7, 11) is 0. The van der Waals surface area contributed by atoms with Crippen molar-refractivity contribution in [3.63, 3.8) is 0 Å². The van der Waals surface area contributed by atoms with Crippen LogP contribution in [0.25, 0.3) is 0 Å². The van der Waals surface area contributed by atoms with Crippen LogP contribution in [0.3, 0.4) is 0 Å². The number of aliphatic hydroxyl groups excluding tert-OH is 1. The lowest BCUT2D eigenvalue weighted by atomic mass is 9.94. The highest BCUT2D eigenvalue weighted by atomic mass is 16.7. The Labute approximate surface area is 161 Å². The number of aliphatic hydroxyl groups is 1. The number of amides is 1. The van der Waals surface area contributed by atoms with E-state index in [1.54, 1.807) is 0 Å². The first-order valence-electron chi connectivity index (χ1n) is 9.93. The van der Waals surface area contributed by atoms with Gasteiger partial charge in [-0.15, -0.1) is 0 Å². The first kappa shape index (κ1) is 21.2. The molecule has 1 saturated heterocycles. The van der Waals surface area contributed by atoms with Gasteiger partial charge < -0.3 is 19.8 Å². The lowest BCUT2D eigenvalue weighted by Crippen LogP contribution is -2.44. The van der Waals surface area contributed by atoms with Crippen molar-refractivity contribution in [2.75, 3.05) is 13.2 Å². The van der Waals surface area contributed by atoms with Crippen molar-refractivity contribution in [1.82, 2.24) is 4.90 Å². The van der Waals surface area contributed by atoms with Crippen LogP contribution >= 0.6 is 0 Å². The van der Waals surface area contributed by atoms with Crippen LogP contribution in [0.1, 0.15) is 56.9 Å². The first-order valence-corrected chi connectivity index (χ1v) is 9.93. The Hall–Kier alpha value is -2.08. The number of benzene rings is 1. The number of likely N-dealkylation sites (tertiary alicyclic amines) is 1. The lowest BCUT2D eigenvalue weighted by Gasteiger charge is -2.36. The molecule has 0 aliphatic carbocycles. The molecule has 1 amide bonds. The van der Waals surface area contributed by atoms with Crippen LogP contribution in [0.15, 0.2) is 30.3 Å². The summed E-state index contributed by atoms with van der Waals surface area (Å²) in [5, 5.41) is 18.8. The summed E-state index contributed by atoms with van der Waals surface area (Å²) in [6, 6.07) is 10.2. The molecule has 2 N–H and O–H groups in total. The second-order valence-corrected chi connectivity index (χ2v) is 7.23. The fourth-order valence-electron chi connectivity index (χ4n) is 3.69. The number of nitrogens with zero attached hydrogens (tertiary/aromatic N) is 1. The summed E-state index contributed by atoms with van der Waals surface area (Å²) in [5.74, 6) is 0.200. The summed E-state index contributed by atoms with van der Waals surface area (Å²) in [6.07, 6.45) is 5.39. The van der Waals surface area contributed by atoms with E-state index in [0.29, 0.717) is 32.2 Å². The van der Waals surface area contributed by atoms with Crippen molar-refractivity contribution in [2.24, 2.45) is 0 Å². The molecule has 1 unspecified atom stereocenters. The van der Waals surface area contributed by atoms with Crippen molar-refractivity contribution in [3.05, 3.63) is 35.9 Å². The molecule has 6 nitrogen and oxygen atoms in total. The molecule has 0 bridgehead atoms. The Balaban J connectivity index is 1.72. The van der Waals surface area contributed by atoms with Crippen LogP contribution in [0, 0.1) is 0 Å². The van der Waals surface area contributed by atoms with E-state index in [1.165, 1.54) is 0 Å². The summed E-state index contributed by atoms with van der Waals surface area (Å²) in [4.78, 5) is 24.6. The van der Waals surface area contributed by atoms with Gasteiger partial charge in [0.15, 0.2) is 0 Å². The van der Waals surface area contributed by atoms with E-state index < -0.39 is 6.16 Å². The standard InChI is InChI=1S/C21H31NO5/c23-19(16-17-8-3-1-4-9-17)13-12-18-10-7-11-20(24)22(18)14-5-2-6-15-27-21(25)26/h1,3-4,8-9,18-19,23H,2,5-7,10-16H2,(H,25,26)/t18-,19?/m1/s1. The second-order valence-electron chi connectivity index (χ2n) is 7.23. The number of unbranched alkanes of at least 4 members (excludes halogenated alkanes) is 2. The van der Waals surface area contributed by atoms with Gasteiger partial charge in [-0.05, 0) is 56.9 Å². The van der Waals surface area contributed by atoms with Crippen LogP contribution < -0.4 is 0 Å².